The molecule has 1 aliphatic heterocycles. The summed E-state index contributed by atoms with van der Waals surface area (Å²) in [5, 5.41) is 4.77. The number of hydrogen-bond acceptors (Lipinski definition) is 6. The van der Waals surface area contributed by atoms with E-state index < -0.39 is 29.2 Å². The zero-order valence-corrected chi connectivity index (χ0v) is 15.8. The quantitative estimate of drug-likeness (QED) is 0.455. The van der Waals surface area contributed by atoms with Crippen LogP contribution in [0.5, 0.6) is 0 Å². The summed E-state index contributed by atoms with van der Waals surface area (Å²) in [6.45, 7) is 0. The number of hydrogen-bond donors (Lipinski definition) is 4. The number of aromatic nitrogens is 1. The molecule has 0 atom stereocenters. The second-order valence-electron chi connectivity index (χ2n) is 6.72. The Balaban J connectivity index is 1.60. The van der Waals surface area contributed by atoms with Gasteiger partial charge in [0, 0.05) is 22.9 Å². The third kappa shape index (κ3) is 3.42. The largest absolute Gasteiger partial charge is 0.384 e. The summed E-state index contributed by atoms with van der Waals surface area (Å²) >= 11 is 0. The summed E-state index contributed by atoms with van der Waals surface area (Å²) in [5.41, 5.74) is 11.9. The Bertz CT molecular complexity index is 1320. The SMILES string of the molecule is NC(=O)c1ccc(NC(=O)c2ccc(-n3c(N)c4c(cc3=O)C(=O)NC4=O)cc2)cc1. The van der Waals surface area contributed by atoms with Crippen molar-refractivity contribution < 1.29 is 19.2 Å². The number of imide groups is 1. The number of carbonyl (C=O) groups is 4. The van der Waals surface area contributed by atoms with Crippen molar-refractivity contribution in [1.29, 1.82) is 0 Å². The third-order valence-electron chi connectivity index (χ3n) is 4.77. The van der Waals surface area contributed by atoms with Crippen molar-refractivity contribution in [2.45, 2.75) is 0 Å². The van der Waals surface area contributed by atoms with E-state index in [-0.39, 0.29) is 16.9 Å². The Hall–Kier alpha value is -4.73. The zero-order chi connectivity index (χ0) is 22.3. The maximum atomic E-state index is 12.5. The molecule has 0 aliphatic carbocycles. The number of rotatable bonds is 4. The van der Waals surface area contributed by atoms with Crippen molar-refractivity contribution in [1.82, 2.24) is 9.88 Å². The number of primary amides is 1. The van der Waals surface area contributed by atoms with Crippen LogP contribution in [0.1, 0.15) is 41.4 Å². The molecule has 6 N–H and O–H groups in total. The van der Waals surface area contributed by atoms with E-state index in [0.717, 1.165) is 10.6 Å². The molecule has 2 heterocycles. The molecule has 0 radical (unpaired) electrons. The highest BCUT2D eigenvalue weighted by molar-refractivity contribution is 6.23. The molecule has 0 fully saturated rings. The third-order valence-corrected chi connectivity index (χ3v) is 4.77. The Labute approximate surface area is 174 Å². The van der Waals surface area contributed by atoms with Gasteiger partial charge in [0.15, 0.2) is 0 Å². The molecular weight excluding hydrogens is 402 g/mol. The summed E-state index contributed by atoms with van der Waals surface area (Å²) in [5.74, 6) is -2.51. The maximum absolute atomic E-state index is 12.5. The van der Waals surface area contributed by atoms with E-state index in [1.165, 1.54) is 36.4 Å². The molecule has 10 nitrogen and oxygen atoms in total. The second kappa shape index (κ2) is 7.26. The Kier molecular flexibility index (Phi) is 4.59. The van der Waals surface area contributed by atoms with Gasteiger partial charge in [-0.25, -0.2) is 0 Å². The van der Waals surface area contributed by atoms with Gasteiger partial charge in [-0.05, 0) is 48.5 Å². The van der Waals surface area contributed by atoms with Crippen molar-refractivity contribution in [3.8, 4) is 5.69 Å². The van der Waals surface area contributed by atoms with Crippen molar-refractivity contribution in [2.75, 3.05) is 11.1 Å². The number of pyridine rings is 1. The van der Waals surface area contributed by atoms with Crippen LogP contribution in [0.3, 0.4) is 0 Å². The number of amides is 4. The lowest BCUT2D eigenvalue weighted by atomic mass is 10.1. The summed E-state index contributed by atoms with van der Waals surface area (Å²) in [4.78, 5) is 59.7. The van der Waals surface area contributed by atoms with Crippen LogP contribution in [0.4, 0.5) is 11.5 Å². The second-order valence-corrected chi connectivity index (χ2v) is 6.72. The van der Waals surface area contributed by atoms with Gasteiger partial charge in [0.1, 0.15) is 5.82 Å². The lowest BCUT2D eigenvalue weighted by Crippen LogP contribution is -2.24. The molecule has 2 aromatic carbocycles. The number of nitrogens with two attached hydrogens (primary N) is 2. The van der Waals surface area contributed by atoms with Crippen LogP contribution in [0.2, 0.25) is 0 Å². The number of carbonyl (C=O) groups excluding carboxylic acids is 4. The number of fused-ring (bicyclic) bond motifs is 1. The summed E-state index contributed by atoms with van der Waals surface area (Å²) < 4.78 is 1.08. The highest BCUT2D eigenvalue weighted by atomic mass is 16.2. The molecule has 1 aliphatic rings. The Morgan fingerprint density at radius 3 is 2.10 bits per heavy atom. The number of anilines is 2. The van der Waals surface area contributed by atoms with E-state index in [2.05, 4.69) is 10.6 Å². The lowest BCUT2D eigenvalue weighted by molar-refractivity contribution is 0.0878. The Morgan fingerprint density at radius 1 is 0.871 bits per heavy atom. The van der Waals surface area contributed by atoms with Gasteiger partial charge in [-0.2, -0.15) is 0 Å². The molecule has 10 heteroatoms. The van der Waals surface area contributed by atoms with Crippen LogP contribution in [-0.4, -0.2) is 28.2 Å². The monoisotopic (exact) mass is 417 g/mol. The normalized spacial score (nSPS) is 12.3. The van der Waals surface area contributed by atoms with Crippen molar-refractivity contribution in [3.05, 3.63) is 87.2 Å². The predicted octanol–water partition coefficient (Wildman–Crippen LogP) is 0.655. The molecular formula is C21H15N5O5. The van der Waals surface area contributed by atoms with Gasteiger partial charge in [-0.15, -0.1) is 0 Å². The van der Waals surface area contributed by atoms with Gasteiger partial charge < -0.3 is 16.8 Å². The number of benzene rings is 2. The fraction of sp³-hybridized carbons (Fsp3) is 0. The molecule has 154 valence electrons. The van der Waals surface area contributed by atoms with Gasteiger partial charge in [-0.3, -0.25) is 33.9 Å². The van der Waals surface area contributed by atoms with Crippen LogP contribution in [0.15, 0.2) is 59.4 Å². The van der Waals surface area contributed by atoms with Crippen LogP contribution in [-0.2, 0) is 0 Å². The van der Waals surface area contributed by atoms with E-state index in [1.807, 2.05) is 0 Å². The minimum Gasteiger partial charge on any atom is -0.384 e. The lowest BCUT2D eigenvalue weighted by Gasteiger charge is -2.12. The van der Waals surface area contributed by atoms with Gasteiger partial charge >= 0.3 is 0 Å². The first-order valence-corrected chi connectivity index (χ1v) is 8.99. The molecule has 0 spiro atoms. The van der Waals surface area contributed by atoms with E-state index in [0.29, 0.717) is 22.5 Å². The summed E-state index contributed by atoms with van der Waals surface area (Å²) in [7, 11) is 0. The maximum Gasteiger partial charge on any atom is 0.262 e. The minimum atomic E-state index is -0.676. The molecule has 31 heavy (non-hydrogen) atoms. The molecule has 4 amide bonds. The average molecular weight is 417 g/mol. The molecule has 0 saturated carbocycles. The number of nitrogens with zero attached hydrogens (tertiary/aromatic N) is 1. The highest BCUT2D eigenvalue weighted by Crippen LogP contribution is 2.23. The fourth-order valence-electron chi connectivity index (χ4n) is 3.23. The van der Waals surface area contributed by atoms with Gasteiger partial charge in [0.25, 0.3) is 23.3 Å². The topological polar surface area (TPSA) is 166 Å². The first-order valence-electron chi connectivity index (χ1n) is 8.99. The molecule has 0 unspecified atom stereocenters. The van der Waals surface area contributed by atoms with E-state index >= 15 is 0 Å². The molecule has 4 rings (SSSR count). The smallest absolute Gasteiger partial charge is 0.262 e. The van der Waals surface area contributed by atoms with Gasteiger partial charge in [-0.1, -0.05) is 0 Å². The van der Waals surface area contributed by atoms with Gasteiger partial charge in [0.2, 0.25) is 5.91 Å². The van der Waals surface area contributed by atoms with Crippen molar-refractivity contribution >= 4 is 35.1 Å². The van der Waals surface area contributed by atoms with Crippen molar-refractivity contribution in [3.63, 3.8) is 0 Å². The van der Waals surface area contributed by atoms with Crippen LogP contribution >= 0.6 is 0 Å². The van der Waals surface area contributed by atoms with E-state index in [4.69, 9.17) is 11.5 Å². The highest BCUT2D eigenvalue weighted by Gasteiger charge is 2.31. The van der Waals surface area contributed by atoms with E-state index in [1.54, 1.807) is 12.1 Å². The molecule has 3 aromatic rings. The van der Waals surface area contributed by atoms with Crippen LogP contribution < -0.4 is 27.7 Å². The molecule has 0 saturated heterocycles. The van der Waals surface area contributed by atoms with Gasteiger partial charge in [0.05, 0.1) is 16.8 Å². The standard InChI is InChI=1S/C21H15N5O5/c22-17-16-14(20(30)25-21(16)31)9-15(27)26(17)13-7-3-11(4-8-13)19(29)24-12-5-1-10(2-6-12)18(23)28/h1-9H,22H2,(H2,23,28)(H,24,29)(H,25,30,31). The molecule has 0 bridgehead atoms. The summed E-state index contributed by atoms with van der Waals surface area (Å²) in [6.07, 6.45) is 0. The van der Waals surface area contributed by atoms with E-state index in [9.17, 15) is 24.0 Å². The molecule has 1 aromatic heterocycles. The van der Waals surface area contributed by atoms with Crippen molar-refractivity contribution in [2.24, 2.45) is 5.73 Å². The van der Waals surface area contributed by atoms with Crippen LogP contribution in [0, 0.1) is 0 Å². The minimum absolute atomic E-state index is 0.0640. The van der Waals surface area contributed by atoms with Crippen LogP contribution in [0.25, 0.3) is 5.69 Å². The predicted molar refractivity (Wildman–Crippen MR) is 111 cm³/mol. The average Bonchev–Trinajstić information content (AvgIpc) is 3.02. The summed E-state index contributed by atoms with van der Waals surface area (Å²) in [6, 6.07) is 13.1. The first kappa shape index (κ1) is 19.6. The number of nitrogen functional groups attached to an aromatic ring is 1. The first-order chi connectivity index (χ1) is 14.8. The Morgan fingerprint density at radius 2 is 1.48 bits per heavy atom. The fourth-order valence-corrected chi connectivity index (χ4v) is 3.23. The number of nitrogens with one attached hydrogen (secondary N) is 2. The zero-order valence-electron chi connectivity index (χ0n) is 15.8.